The predicted molar refractivity (Wildman–Crippen MR) is 96.9 cm³/mol. The highest BCUT2D eigenvalue weighted by Gasteiger charge is 2.08. The van der Waals surface area contributed by atoms with E-state index in [1.165, 1.54) is 16.9 Å². The van der Waals surface area contributed by atoms with Gasteiger partial charge >= 0.3 is 0 Å². The Labute approximate surface area is 134 Å². The van der Waals surface area contributed by atoms with Crippen LogP contribution in [0.1, 0.15) is 12.5 Å². The Morgan fingerprint density at radius 3 is 2.18 bits per heavy atom. The van der Waals surface area contributed by atoms with Gasteiger partial charge in [-0.2, -0.15) is 0 Å². The van der Waals surface area contributed by atoms with Crippen molar-refractivity contribution in [2.24, 2.45) is 0 Å². The zero-order chi connectivity index (χ0) is 15.6. The number of hydrogen-bond donors (Lipinski definition) is 2. The minimum absolute atomic E-state index is 1.09. The van der Waals surface area contributed by atoms with Gasteiger partial charge in [-0.15, -0.1) is 0 Å². The van der Waals surface area contributed by atoms with Gasteiger partial charge in [-0.1, -0.05) is 43.3 Å². The van der Waals surface area contributed by atoms with Crippen molar-refractivity contribution in [1.82, 2.24) is 5.32 Å². The molecule has 1 heterocycles. The first-order valence-electron chi connectivity index (χ1n) is 8.11. The topological polar surface area (TPSA) is 27.3 Å². The maximum absolute atomic E-state index is 3.34. The van der Waals surface area contributed by atoms with E-state index in [1.54, 1.807) is 0 Å². The highest BCUT2D eigenvalue weighted by Crippen LogP contribution is 2.14. The van der Waals surface area contributed by atoms with Crippen molar-refractivity contribution in [3.8, 4) is 0 Å². The van der Waals surface area contributed by atoms with Crippen LogP contribution in [0.5, 0.6) is 0 Å². The molecule has 0 atom stereocenters. The first-order chi connectivity index (χ1) is 10.8. The number of nitrogens with one attached hydrogen (secondary N) is 2. The van der Waals surface area contributed by atoms with Crippen LogP contribution in [-0.2, 0) is 6.42 Å². The largest absolute Gasteiger partial charge is 0.388 e. The molecule has 0 saturated carbocycles. The highest BCUT2D eigenvalue weighted by molar-refractivity contribution is 5.50. The fourth-order valence-electron chi connectivity index (χ4n) is 2.63. The summed E-state index contributed by atoms with van der Waals surface area (Å²) in [6, 6.07) is 19.0. The molecule has 0 amide bonds. The Kier molecular flexibility index (Phi) is 6.78. The maximum Gasteiger partial charge on any atom is 0.0370 e. The average Bonchev–Trinajstić information content (AvgIpc) is 2.63. The molecule has 1 saturated heterocycles. The summed E-state index contributed by atoms with van der Waals surface area (Å²) in [5.74, 6) is 0. The SMILES string of the molecule is CCc1ccccc1NC.c1ccc(N2CCNCC2)cc1. The molecule has 2 aromatic rings. The summed E-state index contributed by atoms with van der Waals surface area (Å²) >= 11 is 0. The summed E-state index contributed by atoms with van der Waals surface area (Å²) in [4.78, 5) is 2.41. The van der Waals surface area contributed by atoms with Crippen molar-refractivity contribution in [2.75, 3.05) is 43.4 Å². The molecule has 2 aromatic carbocycles. The number of para-hydroxylation sites is 2. The van der Waals surface area contributed by atoms with E-state index >= 15 is 0 Å². The third-order valence-corrected chi connectivity index (χ3v) is 3.91. The summed E-state index contributed by atoms with van der Waals surface area (Å²) in [5, 5.41) is 6.49. The highest BCUT2D eigenvalue weighted by atomic mass is 15.2. The van der Waals surface area contributed by atoms with Crippen LogP contribution in [-0.4, -0.2) is 33.2 Å². The van der Waals surface area contributed by atoms with Crippen molar-refractivity contribution in [1.29, 1.82) is 0 Å². The van der Waals surface area contributed by atoms with Crippen LogP contribution < -0.4 is 15.5 Å². The van der Waals surface area contributed by atoms with Gasteiger partial charge in [0.2, 0.25) is 0 Å². The zero-order valence-corrected chi connectivity index (χ0v) is 13.7. The van der Waals surface area contributed by atoms with Crippen molar-refractivity contribution in [3.05, 3.63) is 60.2 Å². The minimum atomic E-state index is 1.09. The Balaban J connectivity index is 0.000000164. The standard InChI is InChI=1S/C10H14N2.C9H13N/c1-2-4-10(5-3-1)12-8-6-11-7-9-12;1-3-8-6-4-5-7-9(8)10-2/h1-5,11H,6-9H2;4-7,10H,3H2,1-2H3. The molecular weight excluding hydrogens is 270 g/mol. The van der Waals surface area contributed by atoms with Gasteiger partial charge in [-0.05, 0) is 30.2 Å². The quantitative estimate of drug-likeness (QED) is 0.909. The average molecular weight is 297 g/mol. The molecule has 2 N–H and O–H groups in total. The van der Waals surface area contributed by atoms with E-state index in [2.05, 4.69) is 71.0 Å². The van der Waals surface area contributed by atoms with E-state index in [-0.39, 0.29) is 0 Å². The Bertz CT molecular complexity index is 510. The number of piperazine rings is 1. The summed E-state index contributed by atoms with van der Waals surface area (Å²) in [6.45, 7) is 6.63. The van der Waals surface area contributed by atoms with Crippen LogP contribution >= 0.6 is 0 Å². The Morgan fingerprint density at radius 1 is 0.955 bits per heavy atom. The monoisotopic (exact) mass is 297 g/mol. The van der Waals surface area contributed by atoms with E-state index in [0.29, 0.717) is 0 Å². The second-order valence-corrected chi connectivity index (χ2v) is 5.33. The minimum Gasteiger partial charge on any atom is -0.388 e. The normalized spacial score (nSPS) is 14.0. The lowest BCUT2D eigenvalue weighted by atomic mass is 10.1. The van der Waals surface area contributed by atoms with Gasteiger partial charge in [0, 0.05) is 44.6 Å². The van der Waals surface area contributed by atoms with Crippen LogP contribution in [0.2, 0.25) is 0 Å². The molecule has 3 rings (SSSR count). The fourth-order valence-corrected chi connectivity index (χ4v) is 2.63. The van der Waals surface area contributed by atoms with Crippen molar-refractivity contribution < 1.29 is 0 Å². The van der Waals surface area contributed by atoms with E-state index in [0.717, 1.165) is 32.6 Å². The Morgan fingerprint density at radius 2 is 1.59 bits per heavy atom. The molecule has 3 nitrogen and oxygen atoms in total. The first-order valence-corrected chi connectivity index (χ1v) is 8.11. The lowest BCUT2D eigenvalue weighted by Gasteiger charge is -2.29. The van der Waals surface area contributed by atoms with Gasteiger partial charge in [0.25, 0.3) is 0 Å². The van der Waals surface area contributed by atoms with Gasteiger partial charge in [-0.3, -0.25) is 0 Å². The van der Waals surface area contributed by atoms with Gasteiger partial charge in [0.15, 0.2) is 0 Å². The molecule has 0 bridgehead atoms. The molecule has 118 valence electrons. The van der Waals surface area contributed by atoms with Gasteiger partial charge < -0.3 is 15.5 Å². The molecule has 0 aliphatic carbocycles. The molecule has 0 unspecified atom stereocenters. The van der Waals surface area contributed by atoms with Crippen molar-refractivity contribution in [3.63, 3.8) is 0 Å². The fraction of sp³-hybridized carbons (Fsp3) is 0.368. The molecule has 3 heteroatoms. The first kappa shape index (κ1) is 16.4. The van der Waals surface area contributed by atoms with Gasteiger partial charge in [0.05, 0.1) is 0 Å². The number of aryl methyl sites for hydroxylation is 1. The van der Waals surface area contributed by atoms with Crippen LogP contribution in [0.25, 0.3) is 0 Å². The predicted octanol–water partition coefficient (Wildman–Crippen LogP) is 3.39. The molecule has 0 radical (unpaired) electrons. The summed E-state index contributed by atoms with van der Waals surface area (Å²) in [6.07, 6.45) is 1.09. The molecule has 1 aliphatic rings. The smallest absolute Gasteiger partial charge is 0.0370 e. The molecule has 0 spiro atoms. The number of benzene rings is 2. The lowest BCUT2D eigenvalue weighted by molar-refractivity contribution is 0.589. The van der Waals surface area contributed by atoms with E-state index < -0.39 is 0 Å². The van der Waals surface area contributed by atoms with E-state index in [4.69, 9.17) is 0 Å². The van der Waals surface area contributed by atoms with Crippen molar-refractivity contribution >= 4 is 11.4 Å². The molecule has 0 aromatic heterocycles. The second kappa shape index (κ2) is 9.11. The number of rotatable bonds is 3. The van der Waals surface area contributed by atoms with E-state index in [1.807, 2.05) is 13.1 Å². The molecular formula is C19H27N3. The van der Waals surface area contributed by atoms with Gasteiger partial charge in [-0.25, -0.2) is 0 Å². The van der Waals surface area contributed by atoms with Crippen LogP contribution in [0, 0.1) is 0 Å². The van der Waals surface area contributed by atoms with Gasteiger partial charge in [0.1, 0.15) is 0 Å². The third kappa shape index (κ3) is 4.78. The second-order valence-electron chi connectivity index (χ2n) is 5.33. The summed E-state index contributed by atoms with van der Waals surface area (Å²) in [5.41, 5.74) is 3.97. The summed E-state index contributed by atoms with van der Waals surface area (Å²) < 4.78 is 0. The number of anilines is 2. The molecule has 1 fully saturated rings. The number of nitrogens with zero attached hydrogens (tertiary/aromatic N) is 1. The van der Waals surface area contributed by atoms with Crippen LogP contribution in [0.4, 0.5) is 11.4 Å². The zero-order valence-electron chi connectivity index (χ0n) is 13.7. The summed E-state index contributed by atoms with van der Waals surface area (Å²) in [7, 11) is 1.95. The maximum atomic E-state index is 3.34. The van der Waals surface area contributed by atoms with Crippen LogP contribution in [0.15, 0.2) is 54.6 Å². The molecule has 1 aliphatic heterocycles. The molecule has 22 heavy (non-hydrogen) atoms. The third-order valence-electron chi connectivity index (χ3n) is 3.91. The number of hydrogen-bond acceptors (Lipinski definition) is 3. The van der Waals surface area contributed by atoms with E-state index in [9.17, 15) is 0 Å². The lowest BCUT2D eigenvalue weighted by Crippen LogP contribution is -2.43. The van der Waals surface area contributed by atoms with Crippen molar-refractivity contribution in [2.45, 2.75) is 13.3 Å². The Hall–Kier alpha value is -2.00. The van der Waals surface area contributed by atoms with Crippen LogP contribution in [0.3, 0.4) is 0 Å².